The van der Waals surface area contributed by atoms with Crippen molar-refractivity contribution in [2.75, 3.05) is 20.1 Å². The number of fused-ring (bicyclic) bond motifs is 5. The molecule has 2 N–H and O–H groups in total. The minimum atomic E-state index is -0.392. The first-order chi connectivity index (χ1) is 14.5. The highest BCUT2D eigenvalue weighted by Crippen LogP contribution is 2.52. The molecule has 1 aliphatic heterocycles. The Morgan fingerprint density at radius 1 is 1.23 bits per heavy atom. The van der Waals surface area contributed by atoms with E-state index in [1.165, 1.54) is 23.1 Å². The molecular formula is C22H24FN5O2. The molecule has 8 heteroatoms. The fraction of sp³-hybridized carbons (Fsp3) is 0.455. The van der Waals surface area contributed by atoms with Crippen LogP contribution < -0.4 is 10.6 Å². The van der Waals surface area contributed by atoms with Crippen LogP contribution in [0.5, 0.6) is 0 Å². The van der Waals surface area contributed by atoms with Gasteiger partial charge in [-0.25, -0.2) is 4.39 Å². The third kappa shape index (κ3) is 3.56. The monoisotopic (exact) mass is 409 g/mol. The average Bonchev–Trinajstić information content (AvgIpc) is 3.43. The number of guanidine groups is 1. The Hall–Kier alpha value is -3.21. The largest absolute Gasteiger partial charge is 0.356 e. The number of aliphatic imine (C=N–C) groups is 1. The van der Waals surface area contributed by atoms with Crippen LogP contribution in [-0.2, 0) is 16.1 Å². The van der Waals surface area contributed by atoms with E-state index in [4.69, 9.17) is 5.26 Å². The fourth-order valence-corrected chi connectivity index (χ4v) is 4.81. The summed E-state index contributed by atoms with van der Waals surface area (Å²) < 4.78 is 13.9. The molecule has 1 heterocycles. The van der Waals surface area contributed by atoms with Crippen molar-refractivity contribution in [3.8, 4) is 6.07 Å². The number of hydrogen-bond donors (Lipinski definition) is 2. The van der Waals surface area contributed by atoms with E-state index in [-0.39, 0.29) is 42.0 Å². The second kappa shape index (κ2) is 8.27. The molecule has 0 aromatic heterocycles. The standard InChI is InChI=1S/C22H24FN5O2/c1-25-22(27-12-16-9-13(11-24)3-6-17(16)23)26-7-2-8-28-20(29)18-14-4-5-15(10-14)19(18)21(28)30/h3-6,9,14-15,18-19H,2,7-8,10,12H2,1H3,(H2,25,26,27). The van der Waals surface area contributed by atoms with Crippen molar-refractivity contribution in [3.63, 3.8) is 0 Å². The van der Waals surface area contributed by atoms with Crippen LogP contribution in [0.4, 0.5) is 4.39 Å². The van der Waals surface area contributed by atoms with Crippen LogP contribution >= 0.6 is 0 Å². The molecule has 2 bridgehead atoms. The lowest BCUT2D eigenvalue weighted by Gasteiger charge is -2.18. The minimum Gasteiger partial charge on any atom is -0.356 e. The van der Waals surface area contributed by atoms with E-state index >= 15 is 0 Å². The lowest BCUT2D eigenvalue weighted by molar-refractivity contribution is -0.140. The zero-order valence-corrected chi connectivity index (χ0v) is 16.8. The summed E-state index contributed by atoms with van der Waals surface area (Å²) in [5.41, 5.74) is 0.768. The topological polar surface area (TPSA) is 97.6 Å². The molecule has 1 saturated heterocycles. The van der Waals surface area contributed by atoms with Crippen molar-refractivity contribution in [2.24, 2.45) is 28.7 Å². The van der Waals surface area contributed by atoms with E-state index in [2.05, 4.69) is 27.8 Å². The molecular weight excluding hydrogens is 385 g/mol. The first-order valence-corrected chi connectivity index (χ1v) is 10.2. The maximum atomic E-state index is 13.9. The highest BCUT2D eigenvalue weighted by Gasteiger charge is 2.58. The molecule has 3 aliphatic rings. The van der Waals surface area contributed by atoms with Crippen LogP contribution in [0.2, 0.25) is 0 Å². The Bertz CT molecular complexity index is 937. The number of likely N-dealkylation sites (tertiary alicyclic amines) is 1. The first kappa shape index (κ1) is 20.1. The molecule has 30 heavy (non-hydrogen) atoms. The molecule has 156 valence electrons. The SMILES string of the molecule is CN=C(NCCCN1C(=O)C2C3C=CC(C3)C2C1=O)NCc1cc(C#N)ccc1F. The van der Waals surface area contributed by atoms with Gasteiger partial charge in [0.1, 0.15) is 5.82 Å². The molecule has 2 fully saturated rings. The van der Waals surface area contributed by atoms with E-state index in [1.54, 1.807) is 7.05 Å². The first-order valence-electron chi connectivity index (χ1n) is 10.2. The molecule has 4 rings (SSSR count). The van der Waals surface area contributed by atoms with Crippen LogP contribution in [0.15, 0.2) is 35.3 Å². The zero-order valence-electron chi connectivity index (χ0n) is 16.8. The predicted molar refractivity (Wildman–Crippen MR) is 108 cm³/mol. The molecule has 7 nitrogen and oxygen atoms in total. The maximum absolute atomic E-state index is 13.9. The van der Waals surface area contributed by atoms with Gasteiger partial charge in [-0.05, 0) is 42.9 Å². The Labute approximate surface area is 174 Å². The normalized spacial score (nSPS) is 26.8. The lowest BCUT2D eigenvalue weighted by atomic mass is 9.85. The molecule has 0 radical (unpaired) electrons. The summed E-state index contributed by atoms with van der Waals surface area (Å²) in [7, 11) is 1.61. The number of nitrogens with one attached hydrogen (secondary N) is 2. The molecule has 2 amide bonds. The highest BCUT2D eigenvalue weighted by molar-refractivity contribution is 6.06. The number of rotatable bonds is 6. The van der Waals surface area contributed by atoms with Gasteiger partial charge in [0, 0.05) is 32.2 Å². The van der Waals surface area contributed by atoms with Crippen molar-refractivity contribution in [1.29, 1.82) is 5.26 Å². The highest BCUT2D eigenvalue weighted by atomic mass is 19.1. The van der Waals surface area contributed by atoms with Gasteiger partial charge < -0.3 is 10.6 Å². The van der Waals surface area contributed by atoms with E-state index in [9.17, 15) is 14.0 Å². The van der Waals surface area contributed by atoms with Crippen molar-refractivity contribution >= 4 is 17.8 Å². The Kier molecular flexibility index (Phi) is 5.53. The van der Waals surface area contributed by atoms with Gasteiger partial charge in [-0.15, -0.1) is 0 Å². The van der Waals surface area contributed by atoms with Gasteiger partial charge in [-0.2, -0.15) is 5.26 Å². The summed E-state index contributed by atoms with van der Waals surface area (Å²) in [6.07, 6.45) is 5.71. The van der Waals surface area contributed by atoms with Crippen molar-refractivity contribution in [2.45, 2.75) is 19.4 Å². The quantitative estimate of drug-likeness (QED) is 0.244. The van der Waals surface area contributed by atoms with Crippen LogP contribution in [-0.4, -0.2) is 42.8 Å². The summed E-state index contributed by atoms with van der Waals surface area (Å²) >= 11 is 0. The fourth-order valence-electron chi connectivity index (χ4n) is 4.81. The second-order valence-corrected chi connectivity index (χ2v) is 7.95. The number of benzene rings is 1. The lowest BCUT2D eigenvalue weighted by Crippen LogP contribution is -2.39. The number of carbonyl (C=O) groups is 2. The summed E-state index contributed by atoms with van der Waals surface area (Å²) in [5, 5.41) is 15.1. The number of nitriles is 1. The van der Waals surface area contributed by atoms with Crippen LogP contribution in [0.25, 0.3) is 0 Å². The number of imide groups is 1. The summed E-state index contributed by atoms with van der Waals surface area (Å²) in [5.74, 6) is 0.161. The van der Waals surface area contributed by atoms with E-state index in [0.717, 1.165) is 6.42 Å². The predicted octanol–water partition coefficient (Wildman–Crippen LogP) is 1.56. The van der Waals surface area contributed by atoms with Crippen LogP contribution in [0.3, 0.4) is 0 Å². The maximum Gasteiger partial charge on any atom is 0.233 e. The number of amides is 2. The molecule has 4 unspecified atom stereocenters. The third-order valence-corrected chi connectivity index (χ3v) is 6.26. The molecule has 4 atom stereocenters. The van der Waals surface area contributed by atoms with Gasteiger partial charge in [0.15, 0.2) is 5.96 Å². The smallest absolute Gasteiger partial charge is 0.233 e. The van der Waals surface area contributed by atoms with Crippen molar-refractivity contribution in [1.82, 2.24) is 15.5 Å². The third-order valence-electron chi connectivity index (χ3n) is 6.26. The number of allylic oxidation sites excluding steroid dienone is 2. The summed E-state index contributed by atoms with van der Waals surface area (Å²) in [4.78, 5) is 30.9. The zero-order chi connectivity index (χ0) is 21.3. The number of halogens is 1. The van der Waals surface area contributed by atoms with E-state index in [1.807, 2.05) is 6.07 Å². The van der Waals surface area contributed by atoms with Crippen LogP contribution in [0, 0.1) is 40.8 Å². The average molecular weight is 409 g/mol. The molecule has 0 spiro atoms. The van der Waals surface area contributed by atoms with Gasteiger partial charge >= 0.3 is 0 Å². The van der Waals surface area contributed by atoms with Gasteiger partial charge in [0.25, 0.3) is 0 Å². The minimum absolute atomic E-state index is 0.0304. The van der Waals surface area contributed by atoms with E-state index in [0.29, 0.717) is 36.6 Å². The van der Waals surface area contributed by atoms with Crippen molar-refractivity contribution < 1.29 is 14.0 Å². The summed E-state index contributed by atoms with van der Waals surface area (Å²) in [6, 6.07) is 6.19. The second-order valence-electron chi connectivity index (χ2n) is 7.95. The van der Waals surface area contributed by atoms with Crippen LogP contribution in [0.1, 0.15) is 24.0 Å². The van der Waals surface area contributed by atoms with Gasteiger partial charge in [-0.3, -0.25) is 19.5 Å². The molecule has 1 aromatic carbocycles. The Balaban J connectivity index is 1.24. The van der Waals surface area contributed by atoms with Gasteiger partial charge in [-0.1, -0.05) is 12.2 Å². The van der Waals surface area contributed by atoms with E-state index < -0.39 is 5.82 Å². The molecule has 2 aliphatic carbocycles. The molecule has 1 aromatic rings. The number of nitrogens with zero attached hydrogens (tertiary/aromatic N) is 3. The molecule has 1 saturated carbocycles. The Morgan fingerprint density at radius 3 is 2.57 bits per heavy atom. The van der Waals surface area contributed by atoms with Crippen molar-refractivity contribution in [3.05, 3.63) is 47.3 Å². The number of hydrogen-bond acceptors (Lipinski definition) is 4. The summed E-state index contributed by atoms with van der Waals surface area (Å²) in [6.45, 7) is 1.08. The Morgan fingerprint density at radius 2 is 1.93 bits per heavy atom. The number of carbonyl (C=O) groups excluding carboxylic acids is 2. The van der Waals surface area contributed by atoms with Gasteiger partial charge in [0.2, 0.25) is 11.8 Å². The van der Waals surface area contributed by atoms with Gasteiger partial charge in [0.05, 0.1) is 23.5 Å².